The van der Waals surface area contributed by atoms with Crippen molar-refractivity contribution in [1.82, 2.24) is 5.32 Å². The van der Waals surface area contributed by atoms with Crippen LogP contribution in [0, 0.1) is 23.4 Å². The molecule has 15 heavy (non-hydrogen) atoms. The van der Waals surface area contributed by atoms with Gasteiger partial charge < -0.3 is 5.32 Å². The van der Waals surface area contributed by atoms with Crippen LogP contribution in [0.5, 0.6) is 0 Å². The first kappa shape index (κ1) is 10.4. The third kappa shape index (κ3) is 1.71. The molecule has 1 atom stereocenters. The average molecular weight is 219 g/mol. The SMILES string of the molecule is Fc1ccc(C(F)C2CNC2)c(F)c1F. The Balaban J connectivity index is 2.31. The monoisotopic (exact) mass is 219 g/mol. The number of hydrogen-bond acceptors (Lipinski definition) is 1. The summed E-state index contributed by atoms with van der Waals surface area (Å²) in [6.45, 7) is 0.860. The lowest BCUT2D eigenvalue weighted by Crippen LogP contribution is -2.44. The van der Waals surface area contributed by atoms with E-state index in [0.717, 1.165) is 12.1 Å². The highest BCUT2D eigenvalue weighted by atomic mass is 19.2. The summed E-state index contributed by atoms with van der Waals surface area (Å²) >= 11 is 0. The number of rotatable bonds is 2. The van der Waals surface area contributed by atoms with Gasteiger partial charge in [-0.2, -0.15) is 0 Å². The molecule has 1 aromatic rings. The highest BCUT2D eigenvalue weighted by molar-refractivity contribution is 5.23. The molecule has 1 unspecified atom stereocenters. The Morgan fingerprint density at radius 1 is 1.13 bits per heavy atom. The van der Waals surface area contributed by atoms with Crippen molar-refractivity contribution in [3.63, 3.8) is 0 Å². The average Bonchev–Trinajstić information content (AvgIpc) is 2.11. The number of alkyl halides is 1. The molecule has 1 N–H and O–H groups in total. The molecule has 2 rings (SSSR count). The van der Waals surface area contributed by atoms with Gasteiger partial charge in [0.2, 0.25) is 0 Å². The van der Waals surface area contributed by atoms with Crippen molar-refractivity contribution in [2.45, 2.75) is 6.17 Å². The summed E-state index contributed by atoms with van der Waals surface area (Å²) < 4.78 is 52.1. The quantitative estimate of drug-likeness (QED) is 0.594. The number of benzene rings is 1. The third-order valence-electron chi connectivity index (χ3n) is 2.59. The Kier molecular flexibility index (Phi) is 2.65. The molecule has 1 fully saturated rings. The number of hydrogen-bond donors (Lipinski definition) is 1. The van der Waals surface area contributed by atoms with Crippen molar-refractivity contribution in [2.24, 2.45) is 5.92 Å². The highest BCUT2D eigenvalue weighted by Crippen LogP contribution is 2.31. The van der Waals surface area contributed by atoms with Crippen LogP contribution in [0.4, 0.5) is 17.6 Å². The van der Waals surface area contributed by atoms with Gasteiger partial charge >= 0.3 is 0 Å². The molecular formula is C10H9F4N. The Morgan fingerprint density at radius 2 is 1.80 bits per heavy atom. The van der Waals surface area contributed by atoms with Crippen molar-refractivity contribution in [3.05, 3.63) is 35.1 Å². The fourth-order valence-electron chi connectivity index (χ4n) is 1.53. The van der Waals surface area contributed by atoms with Crippen LogP contribution in [-0.4, -0.2) is 13.1 Å². The molecule has 0 aromatic heterocycles. The Hall–Kier alpha value is -1.10. The molecule has 0 radical (unpaired) electrons. The molecule has 1 saturated heterocycles. The molecule has 1 aromatic carbocycles. The minimum atomic E-state index is -1.61. The van der Waals surface area contributed by atoms with Gasteiger partial charge in [-0.1, -0.05) is 6.07 Å². The lowest BCUT2D eigenvalue weighted by Gasteiger charge is -2.30. The van der Waals surface area contributed by atoms with E-state index in [9.17, 15) is 17.6 Å². The van der Waals surface area contributed by atoms with Crippen LogP contribution < -0.4 is 5.32 Å². The summed E-state index contributed by atoms with van der Waals surface area (Å²) in [6.07, 6.45) is -1.58. The largest absolute Gasteiger partial charge is 0.316 e. The van der Waals surface area contributed by atoms with E-state index in [1.54, 1.807) is 0 Å². The fraction of sp³-hybridized carbons (Fsp3) is 0.400. The van der Waals surface area contributed by atoms with Gasteiger partial charge in [0, 0.05) is 24.6 Å². The lowest BCUT2D eigenvalue weighted by molar-refractivity contribution is 0.166. The Morgan fingerprint density at radius 3 is 2.33 bits per heavy atom. The minimum Gasteiger partial charge on any atom is -0.316 e. The normalized spacial score (nSPS) is 18.7. The maximum absolute atomic E-state index is 13.6. The van der Waals surface area contributed by atoms with E-state index < -0.39 is 29.2 Å². The van der Waals surface area contributed by atoms with E-state index in [-0.39, 0.29) is 5.92 Å². The van der Waals surface area contributed by atoms with E-state index in [0.29, 0.717) is 13.1 Å². The van der Waals surface area contributed by atoms with Gasteiger partial charge in [-0.05, 0) is 6.07 Å². The van der Waals surface area contributed by atoms with Crippen LogP contribution in [0.25, 0.3) is 0 Å². The molecule has 1 nitrogen and oxygen atoms in total. The smallest absolute Gasteiger partial charge is 0.194 e. The van der Waals surface area contributed by atoms with E-state index in [1.807, 2.05) is 0 Å². The molecule has 1 aliphatic heterocycles. The van der Waals surface area contributed by atoms with Crippen LogP contribution in [-0.2, 0) is 0 Å². The van der Waals surface area contributed by atoms with Crippen LogP contribution >= 0.6 is 0 Å². The summed E-state index contributed by atoms with van der Waals surface area (Å²) in [6, 6.07) is 1.70. The van der Waals surface area contributed by atoms with Crippen molar-refractivity contribution < 1.29 is 17.6 Å². The van der Waals surface area contributed by atoms with Gasteiger partial charge in [0.15, 0.2) is 17.5 Å². The van der Waals surface area contributed by atoms with Crippen molar-refractivity contribution >= 4 is 0 Å². The number of halogens is 4. The van der Waals surface area contributed by atoms with Crippen molar-refractivity contribution in [3.8, 4) is 0 Å². The molecule has 5 heteroatoms. The first-order chi connectivity index (χ1) is 7.11. The highest BCUT2D eigenvalue weighted by Gasteiger charge is 2.31. The molecule has 1 heterocycles. The summed E-state index contributed by atoms with van der Waals surface area (Å²) in [7, 11) is 0. The van der Waals surface area contributed by atoms with Crippen molar-refractivity contribution in [2.75, 3.05) is 13.1 Å². The van der Waals surface area contributed by atoms with Crippen LogP contribution in [0.2, 0.25) is 0 Å². The second-order valence-electron chi connectivity index (χ2n) is 3.58. The lowest BCUT2D eigenvalue weighted by atomic mass is 9.92. The van der Waals surface area contributed by atoms with Gasteiger partial charge in [0.25, 0.3) is 0 Å². The van der Waals surface area contributed by atoms with Crippen LogP contribution in [0.15, 0.2) is 12.1 Å². The zero-order valence-corrected chi connectivity index (χ0v) is 7.74. The molecule has 0 amide bonds. The third-order valence-corrected chi connectivity index (χ3v) is 2.59. The molecule has 0 spiro atoms. The maximum Gasteiger partial charge on any atom is 0.194 e. The maximum atomic E-state index is 13.6. The van der Waals surface area contributed by atoms with E-state index in [1.165, 1.54) is 0 Å². The summed E-state index contributed by atoms with van der Waals surface area (Å²) in [5.41, 5.74) is -0.402. The molecular weight excluding hydrogens is 210 g/mol. The second kappa shape index (κ2) is 3.81. The standard InChI is InChI=1S/C10H9F4N/c11-7-2-1-6(9(13)10(7)14)8(12)5-3-15-4-5/h1-2,5,8,15H,3-4H2. The van der Waals surface area contributed by atoms with E-state index in [2.05, 4.69) is 5.32 Å². The van der Waals surface area contributed by atoms with E-state index >= 15 is 0 Å². The van der Waals surface area contributed by atoms with Gasteiger partial charge in [-0.15, -0.1) is 0 Å². The zero-order chi connectivity index (χ0) is 11.0. The predicted molar refractivity (Wildman–Crippen MR) is 46.5 cm³/mol. The summed E-state index contributed by atoms with van der Waals surface area (Å²) in [4.78, 5) is 0. The molecule has 0 bridgehead atoms. The van der Waals surface area contributed by atoms with E-state index in [4.69, 9.17) is 0 Å². The molecule has 82 valence electrons. The Labute approximate surface area is 84.1 Å². The molecule has 0 saturated carbocycles. The molecule has 0 aliphatic carbocycles. The van der Waals surface area contributed by atoms with Gasteiger partial charge in [0.1, 0.15) is 6.17 Å². The summed E-state index contributed by atoms with van der Waals surface area (Å²) in [5, 5.41) is 2.83. The zero-order valence-electron chi connectivity index (χ0n) is 7.74. The van der Waals surface area contributed by atoms with Crippen LogP contribution in [0.3, 0.4) is 0 Å². The van der Waals surface area contributed by atoms with Gasteiger partial charge in [-0.3, -0.25) is 0 Å². The molecule has 1 aliphatic rings. The predicted octanol–water partition coefficient (Wildman–Crippen LogP) is 2.33. The number of nitrogens with one attached hydrogen (secondary N) is 1. The first-order valence-corrected chi connectivity index (χ1v) is 4.59. The Bertz CT molecular complexity index is 376. The summed E-state index contributed by atoms with van der Waals surface area (Å²) in [5.74, 6) is -4.68. The second-order valence-corrected chi connectivity index (χ2v) is 3.58. The van der Waals surface area contributed by atoms with Gasteiger partial charge in [-0.25, -0.2) is 17.6 Å². The first-order valence-electron chi connectivity index (χ1n) is 4.59. The topological polar surface area (TPSA) is 12.0 Å². The van der Waals surface area contributed by atoms with Gasteiger partial charge in [0.05, 0.1) is 0 Å². The fourth-order valence-corrected chi connectivity index (χ4v) is 1.53. The van der Waals surface area contributed by atoms with Crippen molar-refractivity contribution in [1.29, 1.82) is 0 Å². The van der Waals surface area contributed by atoms with Crippen LogP contribution in [0.1, 0.15) is 11.7 Å². The minimum absolute atomic E-state index is 0.357.